The summed E-state index contributed by atoms with van der Waals surface area (Å²) in [6, 6.07) is 5.39. The molecule has 0 aliphatic carbocycles. The Kier molecular flexibility index (Phi) is 5.05. The summed E-state index contributed by atoms with van der Waals surface area (Å²) < 4.78 is 5.69. The van der Waals surface area contributed by atoms with Gasteiger partial charge in [0.2, 0.25) is 5.91 Å². The molecule has 1 aromatic carbocycles. The molecule has 1 aliphatic heterocycles. The normalized spacial score (nSPS) is 19.5. The molecular formula is C13H16Cl2N2O2. The zero-order valence-corrected chi connectivity index (χ0v) is 12.0. The molecule has 0 aromatic heterocycles. The van der Waals surface area contributed by atoms with E-state index in [0.717, 1.165) is 5.56 Å². The highest BCUT2D eigenvalue weighted by molar-refractivity contribution is 6.42. The van der Waals surface area contributed by atoms with Gasteiger partial charge in [-0.2, -0.15) is 0 Å². The molecule has 2 rings (SSSR count). The van der Waals surface area contributed by atoms with E-state index in [1.165, 1.54) is 0 Å². The van der Waals surface area contributed by atoms with Crippen LogP contribution in [-0.2, 0) is 9.53 Å². The van der Waals surface area contributed by atoms with E-state index in [1.54, 1.807) is 17.0 Å². The van der Waals surface area contributed by atoms with Crippen LogP contribution >= 0.6 is 23.2 Å². The van der Waals surface area contributed by atoms with Crippen LogP contribution in [0.2, 0.25) is 10.0 Å². The molecule has 1 atom stereocenters. The monoisotopic (exact) mass is 302 g/mol. The lowest BCUT2D eigenvalue weighted by Crippen LogP contribution is -2.42. The first-order valence-electron chi connectivity index (χ1n) is 6.16. The third-order valence-corrected chi connectivity index (χ3v) is 3.83. The molecule has 1 aromatic rings. The van der Waals surface area contributed by atoms with Gasteiger partial charge in [0.15, 0.2) is 0 Å². The molecule has 0 spiro atoms. The molecule has 104 valence electrons. The van der Waals surface area contributed by atoms with Crippen LogP contribution in [-0.4, -0.2) is 37.0 Å². The minimum Gasteiger partial charge on any atom is -0.370 e. The van der Waals surface area contributed by atoms with Crippen molar-refractivity contribution >= 4 is 29.1 Å². The maximum Gasteiger partial charge on any atom is 0.224 e. The van der Waals surface area contributed by atoms with Gasteiger partial charge in [0, 0.05) is 19.5 Å². The topological polar surface area (TPSA) is 55.6 Å². The van der Waals surface area contributed by atoms with Crippen LogP contribution in [0.4, 0.5) is 0 Å². The number of morpholine rings is 1. The van der Waals surface area contributed by atoms with Crippen LogP contribution in [0.1, 0.15) is 18.1 Å². The molecule has 1 fully saturated rings. The van der Waals surface area contributed by atoms with E-state index in [9.17, 15) is 4.79 Å². The number of halogens is 2. The third-order valence-electron chi connectivity index (χ3n) is 3.09. The fourth-order valence-electron chi connectivity index (χ4n) is 2.07. The Morgan fingerprint density at radius 1 is 1.42 bits per heavy atom. The summed E-state index contributed by atoms with van der Waals surface area (Å²) >= 11 is 11.9. The van der Waals surface area contributed by atoms with Gasteiger partial charge in [0.25, 0.3) is 0 Å². The van der Waals surface area contributed by atoms with E-state index in [2.05, 4.69) is 0 Å². The van der Waals surface area contributed by atoms with Crippen LogP contribution in [0.5, 0.6) is 0 Å². The van der Waals surface area contributed by atoms with Crippen LogP contribution in [0.15, 0.2) is 18.2 Å². The summed E-state index contributed by atoms with van der Waals surface area (Å²) in [6.07, 6.45) is 0.207. The Morgan fingerprint density at radius 2 is 2.21 bits per heavy atom. The molecule has 0 saturated carbocycles. The van der Waals surface area contributed by atoms with E-state index in [0.29, 0.717) is 42.7 Å². The summed E-state index contributed by atoms with van der Waals surface area (Å²) in [5.74, 6) is 0.0656. The Balaban J connectivity index is 2.08. The minimum atomic E-state index is -0.162. The number of ether oxygens (including phenoxy) is 1. The summed E-state index contributed by atoms with van der Waals surface area (Å²) in [4.78, 5) is 13.6. The molecule has 0 bridgehead atoms. The molecular weight excluding hydrogens is 287 g/mol. The van der Waals surface area contributed by atoms with Gasteiger partial charge in [-0.15, -0.1) is 0 Å². The predicted molar refractivity (Wildman–Crippen MR) is 75.4 cm³/mol. The average molecular weight is 303 g/mol. The van der Waals surface area contributed by atoms with Crippen LogP contribution in [0.3, 0.4) is 0 Å². The van der Waals surface area contributed by atoms with Crippen LogP contribution in [0.25, 0.3) is 0 Å². The Bertz CT molecular complexity index is 468. The van der Waals surface area contributed by atoms with Crippen LogP contribution in [0, 0.1) is 0 Å². The smallest absolute Gasteiger partial charge is 0.224 e. The number of amides is 1. The number of nitrogens with zero attached hydrogens (tertiary/aromatic N) is 1. The molecule has 0 radical (unpaired) electrons. The second-order valence-electron chi connectivity index (χ2n) is 4.41. The number of nitrogens with two attached hydrogens (primary N) is 1. The van der Waals surface area contributed by atoms with Gasteiger partial charge < -0.3 is 15.4 Å². The molecule has 6 heteroatoms. The maximum atomic E-state index is 11.8. The first kappa shape index (κ1) is 14.6. The second-order valence-corrected chi connectivity index (χ2v) is 5.23. The molecule has 1 aliphatic rings. The zero-order chi connectivity index (χ0) is 13.8. The Morgan fingerprint density at radius 3 is 2.89 bits per heavy atom. The molecule has 19 heavy (non-hydrogen) atoms. The SMILES string of the molecule is NCCC(=O)N1CCOC(c2ccc(Cl)c(Cl)c2)C1. The predicted octanol–water partition coefficient (Wildman–Crippen LogP) is 2.24. The number of carbonyl (C=O) groups is 1. The van der Waals surface area contributed by atoms with Gasteiger partial charge in [-0.05, 0) is 17.7 Å². The number of hydrogen-bond donors (Lipinski definition) is 1. The standard InChI is InChI=1S/C13H16Cl2N2O2/c14-10-2-1-9(7-11(10)15)12-8-17(5-6-19-12)13(18)3-4-16/h1-2,7,12H,3-6,8,16H2. The summed E-state index contributed by atoms with van der Waals surface area (Å²) in [5.41, 5.74) is 6.34. The quantitative estimate of drug-likeness (QED) is 0.931. The van der Waals surface area contributed by atoms with E-state index in [-0.39, 0.29) is 12.0 Å². The van der Waals surface area contributed by atoms with Crippen molar-refractivity contribution in [3.63, 3.8) is 0 Å². The van der Waals surface area contributed by atoms with Crippen molar-refractivity contribution in [2.24, 2.45) is 5.73 Å². The first-order valence-corrected chi connectivity index (χ1v) is 6.92. The minimum absolute atomic E-state index is 0.0656. The fourth-order valence-corrected chi connectivity index (χ4v) is 2.38. The van der Waals surface area contributed by atoms with Crippen molar-refractivity contribution in [3.8, 4) is 0 Å². The van der Waals surface area contributed by atoms with E-state index in [1.807, 2.05) is 6.07 Å². The summed E-state index contributed by atoms with van der Waals surface area (Å²) in [5, 5.41) is 1.01. The van der Waals surface area contributed by atoms with Gasteiger partial charge >= 0.3 is 0 Å². The van der Waals surface area contributed by atoms with Crippen molar-refractivity contribution in [3.05, 3.63) is 33.8 Å². The van der Waals surface area contributed by atoms with E-state index in [4.69, 9.17) is 33.7 Å². The Labute approximate surface area is 122 Å². The second kappa shape index (κ2) is 6.57. The van der Waals surface area contributed by atoms with Gasteiger partial charge in [0.05, 0.1) is 23.2 Å². The van der Waals surface area contributed by atoms with Crippen molar-refractivity contribution in [2.75, 3.05) is 26.2 Å². The number of benzene rings is 1. The number of rotatable bonds is 3. The zero-order valence-electron chi connectivity index (χ0n) is 10.4. The van der Waals surface area contributed by atoms with Gasteiger partial charge in [-0.1, -0.05) is 29.3 Å². The van der Waals surface area contributed by atoms with Crippen LogP contribution < -0.4 is 5.73 Å². The molecule has 4 nitrogen and oxygen atoms in total. The lowest BCUT2D eigenvalue weighted by atomic mass is 10.1. The van der Waals surface area contributed by atoms with E-state index >= 15 is 0 Å². The third kappa shape index (κ3) is 3.60. The molecule has 1 amide bonds. The lowest BCUT2D eigenvalue weighted by molar-refractivity contribution is -0.138. The lowest BCUT2D eigenvalue weighted by Gasteiger charge is -2.33. The number of carbonyl (C=O) groups excluding carboxylic acids is 1. The maximum absolute atomic E-state index is 11.8. The fraction of sp³-hybridized carbons (Fsp3) is 0.462. The molecule has 2 N–H and O–H groups in total. The van der Waals surface area contributed by atoms with Gasteiger partial charge in [0.1, 0.15) is 6.10 Å². The first-order chi connectivity index (χ1) is 9.11. The van der Waals surface area contributed by atoms with Crippen molar-refractivity contribution in [1.29, 1.82) is 0 Å². The highest BCUT2D eigenvalue weighted by Crippen LogP contribution is 2.29. The average Bonchev–Trinajstić information content (AvgIpc) is 2.42. The van der Waals surface area contributed by atoms with E-state index < -0.39 is 0 Å². The highest BCUT2D eigenvalue weighted by Gasteiger charge is 2.25. The summed E-state index contributed by atoms with van der Waals surface area (Å²) in [6.45, 7) is 2.02. The van der Waals surface area contributed by atoms with Crippen molar-refractivity contribution < 1.29 is 9.53 Å². The van der Waals surface area contributed by atoms with Crippen molar-refractivity contribution in [1.82, 2.24) is 4.90 Å². The van der Waals surface area contributed by atoms with Gasteiger partial charge in [-0.25, -0.2) is 0 Å². The summed E-state index contributed by atoms with van der Waals surface area (Å²) in [7, 11) is 0. The largest absolute Gasteiger partial charge is 0.370 e. The molecule has 1 unspecified atom stereocenters. The van der Waals surface area contributed by atoms with Gasteiger partial charge in [-0.3, -0.25) is 4.79 Å². The van der Waals surface area contributed by atoms with Crippen molar-refractivity contribution in [2.45, 2.75) is 12.5 Å². The molecule has 1 heterocycles. The number of hydrogen-bond acceptors (Lipinski definition) is 3. The highest BCUT2D eigenvalue weighted by atomic mass is 35.5. The Hall–Kier alpha value is -0.810. The molecule has 1 saturated heterocycles.